The molecule has 2 aromatic heterocycles. The lowest BCUT2D eigenvalue weighted by molar-refractivity contribution is 0.776. The highest BCUT2D eigenvalue weighted by atomic mass is 32.1. The predicted molar refractivity (Wildman–Crippen MR) is 87.4 cm³/mol. The minimum absolute atomic E-state index is 0.219. The lowest BCUT2D eigenvalue weighted by Crippen LogP contribution is -2.33. The van der Waals surface area contributed by atoms with Crippen molar-refractivity contribution in [2.75, 3.05) is 11.9 Å². The summed E-state index contributed by atoms with van der Waals surface area (Å²) in [6, 6.07) is 3.94. The smallest absolute Gasteiger partial charge is 0.329 e. The van der Waals surface area contributed by atoms with Crippen LogP contribution in [0.2, 0.25) is 0 Å². The van der Waals surface area contributed by atoms with E-state index in [2.05, 4.69) is 15.3 Å². The second kappa shape index (κ2) is 6.53. The largest absolute Gasteiger partial charge is 0.370 e. The number of aromatic nitrogens is 2. The molecule has 0 aliphatic rings. The Labute approximate surface area is 126 Å². The fourth-order valence-corrected chi connectivity index (χ4v) is 2.51. The molecule has 2 rings (SSSR count). The van der Waals surface area contributed by atoms with Crippen molar-refractivity contribution in [3.05, 3.63) is 42.7 Å². The molecule has 112 valence electrons. The van der Waals surface area contributed by atoms with Gasteiger partial charge in [-0.25, -0.2) is 9.79 Å². The van der Waals surface area contributed by atoms with Crippen LogP contribution in [0.5, 0.6) is 0 Å². The lowest BCUT2D eigenvalue weighted by atomic mass is 10.4. The Morgan fingerprint density at radius 3 is 2.81 bits per heavy atom. The highest BCUT2D eigenvalue weighted by molar-refractivity contribution is 7.13. The first-order chi connectivity index (χ1) is 10.0. The molecular weight excluding hydrogens is 288 g/mol. The molecule has 0 aliphatic heterocycles. The molecule has 2 heterocycles. The first-order valence-corrected chi connectivity index (χ1v) is 7.52. The van der Waals surface area contributed by atoms with E-state index < -0.39 is 11.2 Å². The number of rotatable bonds is 5. The van der Waals surface area contributed by atoms with Crippen molar-refractivity contribution < 1.29 is 0 Å². The number of nitrogens with zero attached hydrogens (tertiary/aromatic N) is 2. The molecule has 0 radical (unpaired) electrons. The molecule has 0 atom stereocenters. The fourth-order valence-electron chi connectivity index (χ4n) is 1.76. The van der Waals surface area contributed by atoms with E-state index in [0.29, 0.717) is 12.4 Å². The third-order valence-corrected chi connectivity index (χ3v) is 3.85. The van der Waals surface area contributed by atoms with Gasteiger partial charge in [-0.15, -0.1) is 11.3 Å². The van der Waals surface area contributed by atoms with Crippen LogP contribution < -0.4 is 16.6 Å². The van der Waals surface area contributed by atoms with E-state index in [1.807, 2.05) is 26.0 Å². The van der Waals surface area contributed by atoms with E-state index in [4.69, 9.17) is 0 Å². The molecule has 6 nitrogen and oxygen atoms in total. The van der Waals surface area contributed by atoms with Gasteiger partial charge in [0.2, 0.25) is 0 Å². The maximum Gasteiger partial charge on any atom is 0.329 e. The average Bonchev–Trinajstić information content (AvgIpc) is 2.87. The number of anilines is 1. The maximum absolute atomic E-state index is 12.2. The van der Waals surface area contributed by atoms with Gasteiger partial charge in [-0.05, 0) is 25.5 Å². The summed E-state index contributed by atoms with van der Waals surface area (Å²) in [4.78, 5) is 32.9. The number of hydrogen-bond acceptors (Lipinski definition) is 5. The van der Waals surface area contributed by atoms with Crippen LogP contribution in [-0.2, 0) is 7.05 Å². The summed E-state index contributed by atoms with van der Waals surface area (Å²) in [7, 11) is 1.43. The average molecular weight is 306 g/mol. The first kappa shape index (κ1) is 15.2. The number of thiophene rings is 1. The van der Waals surface area contributed by atoms with Gasteiger partial charge in [0.15, 0.2) is 5.69 Å². The van der Waals surface area contributed by atoms with Gasteiger partial charge in [-0.1, -0.05) is 6.92 Å². The van der Waals surface area contributed by atoms with Crippen LogP contribution in [0, 0.1) is 6.92 Å². The monoisotopic (exact) mass is 306 g/mol. The van der Waals surface area contributed by atoms with Crippen LogP contribution in [0.25, 0.3) is 0 Å². The molecule has 7 heteroatoms. The van der Waals surface area contributed by atoms with Crippen LogP contribution in [0.1, 0.15) is 23.1 Å². The summed E-state index contributed by atoms with van der Waals surface area (Å²) in [5.41, 5.74) is -0.650. The van der Waals surface area contributed by atoms with Crippen molar-refractivity contribution in [3.8, 4) is 0 Å². The van der Waals surface area contributed by atoms with Gasteiger partial charge in [0.05, 0.1) is 0 Å². The van der Waals surface area contributed by atoms with Gasteiger partial charge < -0.3 is 5.32 Å². The van der Waals surface area contributed by atoms with Gasteiger partial charge in [-0.3, -0.25) is 14.3 Å². The molecule has 0 bridgehead atoms. The highest BCUT2D eigenvalue weighted by Crippen LogP contribution is 2.18. The van der Waals surface area contributed by atoms with Gasteiger partial charge in [-0.2, -0.15) is 0 Å². The normalized spacial score (nSPS) is 11.2. The standard InChI is InChI=1S/C14H18N4O2S/c1-4-7-15-12-11(13(19)18(3)14(20)17-12)16-8-10-6-5-9(2)21-10/h5-6,8,15H,4,7H2,1-3H3,(H,17,20). The molecule has 0 fully saturated rings. The number of hydrogen-bond donors (Lipinski definition) is 2. The third-order valence-electron chi connectivity index (χ3n) is 2.91. The van der Waals surface area contributed by atoms with E-state index in [-0.39, 0.29) is 5.69 Å². The molecule has 2 N–H and O–H groups in total. The topological polar surface area (TPSA) is 79.2 Å². The molecule has 21 heavy (non-hydrogen) atoms. The summed E-state index contributed by atoms with van der Waals surface area (Å²) < 4.78 is 1.02. The second-order valence-corrected chi connectivity index (χ2v) is 5.97. The van der Waals surface area contributed by atoms with Crippen molar-refractivity contribution in [1.82, 2.24) is 9.55 Å². The van der Waals surface area contributed by atoms with E-state index in [1.165, 1.54) is 11.9 Å². The molecule has 0 spiro atoms. The van der Waals surface area contributed by atoms with E-state index in [1.54, 1.807) is 17.6 Å². The number of H-pyrrole nitrogens is 1. The van der Waals surface area contributed by atoms with E-state index in [9.17, 15) is 9.59 Å². The summed E-state index contributed by atoms with van der Waals surface area (Å²) in [6.45, 7) is 4.67. The Balaban J connectivity index is 2.45. The molecular formula is C14H18N4O2S. The molecule has 0 amide bonds. The number of aromatic amines is 1. The van der Waals surface area contributed by atoms with Crippen LogP contribution in [0.15, 0.2) is 26.7 Å². The van der Waals surface area contributed by atoms with Gasteiger partial charge >= 0.3 is 5.69 Å². The fraction of sp³-hybridized carbons (Fsp3) is 0.357. The van der Waals surface area contributed by atoms with Crippen molar-refractivity contribution >= 4 is 29.1 Å². The van der Waals surface area contributed by atoms with Crippen LogP contribution in [0.3, 0.4) is 0 Å². The number of nitrogens with one attached hydrogen (secondary N) is 2. The zero-order chi connectivity index (χ0) is 15.4. The minimum atomic E-state index is -0.454. The van der Waals surface area contributed by atoms with Crippen molar-refractivity contribution in [2.45, 2.75) is 20.3 Å². The van der Waals surface area contributed by atoms with Crippen molar-refractivity contribution in [3.63, 3.8) is 0 Å². The zero-order valence-corrected chi connectivity index (χ0v) is 13.1. The Bertz CT molecular complexity index is 770. The van der Waals surface area contributed by atoms with Crippen LogP contribution in [-0.4, -0.2) is 22.3 Å². The summed E-state index contributed by atoms with van der Waals surface area (Å²) in [5.74, 6) is 0.370. The minimum Gasteiger partial charge on any atom is -0.370 e. The van der Waals surface area contributed by atoms with E-state index in [0.717, 1.165) is 15.9 Å². The first-order valence-electron chi connectivity index (χ1n) is 6.70. The number of aryl methyl sites for hydroxylation is 1. The Hall–Kier alpha value is -2.15. The van der Waals surface area contributed by atoms with Crippen molar-refractivity contribution in [1.29, 1.82) is 0 Å². The van der Waals surface area contributed by atoms with Crippen LogP contribution in [0.4, 0.5) is 11.5 Å². The third kappa shape index (κ3) is 3.49. The van der Waals surface area contributed by atoms with E-state index >= 15 is 0 Å². The SMILES string of the molecule is CCCNc1[nH]c(=O)n(C)c(=O)c1N=Cc1ccc(C)s1. The van der Waals surface area contributed by atoms with Gasteiger partial charge in [0.25, 0.3) is 5.56 Å². The lowest BCUT2D eigenvalue weighted by Gasteiger charge is -2.08. The highest BCUT2D eigenvalue weighted by Gasteiger charge is 2.10. The predicted octanol–water partition coefficient (Wildman–Crippen LogP) is 2.02. The van der Waals surface area contributed by atoms with Gasteiger partial charge in [0.1, 0.15) is 5.82 Å². The quantitative estimate of drug-likeness (QED) is 0.829. The van der Waals surface area contributed by atoms with Crippen molar-refractivity contribution in [2.24, 2.45) is 12.0 Å². The van der Waals surface area contributed by atoms with Gasteiger partial charge in [0, 0.05) is 29.6 Å². The Morgan fingerprint density at radius 1 is 1.43 bits per heavy atom. The number of aliphatic imine (C=N–C) groups is 1. The molecule has 0 unspecified atom stereocenters. The summed E-state index contributed by atoms with van der Waals surface area (Å²) >= 11 is 1.59. The molecule has 0 aromatic carbocycles. The summed E-state index contributed by atoms with van der Waals surface area (Å²) in [6.07, 6.45) is 2.52. The maximum atomic E-state index is 12.2. The molecule has 0 saturated carbocycles. The summed E-state index contributed by atoms with van der Waals surface area (Å²) in [5, 5.41) is 3.03. The van der Waals surface area contributed by atoms with Crippen LogP contribution >= 0.6 is 11.3 Å². The molecule has 0 aliphatic carbocycles. The Morgan fingerprint density at radius 2 is 2.19 bits per heavy atom. The zero-order valence-electron chi connectivity index (χ0n) is 12.3. The second-order valence-electron chi connectivity index (χ2n) is 4.65. The molecule has 0 saturated heterocycles. The molecule has 2 aromatic rings. The Kier molecular flexibility index (Phi) is 4.74.